The zero-order chi connectivity index (χ0) is 12.9. The van der Waals surface area contributed by atoms with Crippen molar-refractivity contribution in [3.05, 3.63) is 48.3 Å². The molecule has 0 radical (unpaired) electrons. The average molecular weight is 255 g/mol. The molecule has 0 saturated heterocycles. The summed E-state index contributed by atoms with van der Waals surface area (Å²) in [5.41, 5.74) is 2.29. The van der Waals surface area contributed by atoms with E-state index in [2.05, 4.69) is 32.9 Å². The summed E-state index contributed by atoms with van der Waals surface area (Å²) < 4.78 is 1.88. The fourth-order valence-corrected chi connectivity index (χ4v) is 2.13. The van der Waals surface area contributed by atoms with Gasteiger partial charge in [-0.2, -0.15) is 5.10 Å². The normalized spacial score (nSPS) is 14.6. The van der Waals surface area contributed by atoms with Crippen molar-refractivity contribution in [1.29, 1.82) is 0 Å². The van der Waals surface area contributed by atoms with Crippen LogP contribution < -0.4 is 10.6 Å². The van der Waals surface area contributed by atoms with Crippen molar-refractivity contribution < 1.29 is 0 Å². The van der Waals surface area contributed by atoms with Crippen LogP contribution in [0.15, 0.2) is 47.7 Å². The molecule has 5 nitrogen and oxygen atoms in total. The predicted octanol–water partition coefficient (Wildman–Crippen LogP) is 1.31. The molecular formula is C14H17N5. The van der Waals surface area contributed by atoms with Gasteiger partial charge >= 0.3 is 0 Å². The van der Waals surface area contributed by atoms with Gasteiger partial charge in [-0.15, -0.1) is 0 Å². The molecule has 0 saturated carbocycles. The van der Waals surface area contributed by atoms with E-state index >= 15 is 0 Å². The number of hydrogen-bond acceptors (Lipinski definition) is 4. The van der Waals surface area contributed by atoms with Gasteiger partial charge in [0.25, 0.3) is 0 Å². The molecule has 19 heavy (non-hydrogen) atoms. The van der Waals surface area contributed by atoms with Gasteiger partial charge in [0.05, 0.1) is 5.69 Å². The Balaban J connectivity index is 1.76. The second-order valence-electron chi connectivity index (χ2n) is 4.44. The Morgan fingerprint density at radius 1 is 1.26 bits per heavy atom. The first kappa shape index (κ1) is 11.8. The van der Waals surface area contributed by atoms with Crippen LogP contribution in [0.4, 0.5) is 0 Å². The van der Waals surface area contributed by atoms with Gasteiger partial charge in [0, 0.05) is 32.0 Å². The lowest BCUT2D eigenvalue weighted by Crippen LogP contribution is -2.40. The Morgan fingerprint density at radius 3 is 3.00 bits per heavy atom. The van der Waals surface area contributed by atoms with Gasteiger partial charge in [-0.05, 0) is 24.1 Å². The summed E-state index contributed by atoms with van der Waals surface area (Å²) in [5.74, 6) is 0.890. The molecule has 1 aromatic heterocycles. The van der Waals surface area contributed by atoms with Gasteiger partial charge in [0.2, 0.25) is 0 Å². The Kier molecular flexibility index (Phi) is 3.45. The van der Waals surface area contributed by atoms with Gasteiger partial charge in [0.15, 0.2) is 5.96 Å². The second-order valence-corrected chi connectivity index (χ2v) is 4.44. The van der Waals surface area contributed by atoms with E-state index in [4.69, 9.17) is 0 Å². The maximum absolute atomic E-state index is 4.41. The number of nitrogens with one attached hydrogen (secondary N) is 2. The number of hydrogen-bond donors (Lipinski definition) is 2. The molecule has 3 rings (SSSR count). The SMILES string of the molecule is c1ccc(-n2cccn2)c(CNC2=NCCCN2)c1. The quantitative estimate of drug-likeness (QED) is 0.869. The molecule has 0 fully saturated rings. The Labute approximate surface area is 112 Å². The van der Waals surface area contributed by atoms with Gasteiger partial charge in [-0.25, -0.2) is 4.68 Å². The monoisotopic (exact) mass is 255 g/mol. The van der Waals surface area contributed by atoms with Gasteiger partial charge in [0.1, 0.15) is 0 Å². The summed E-state index contributed by atoms with van der Waals surface area (Å²) in [6, 6.07) is 10.2. The third-order valence-corrected chi connectivity index (χ3v) is 3.09. The van der Waals surface area contributed by atoms with E-state index in [9.17, 15) is 0 Å². The molecule has 0 unspecified atom stereocenters. The molecule has 0 amide bonds. The second kappa shape index (κ2) is 5.56. The van der Waals surface area contributed by atoms with E-state index in [0.29, 0.717) is 0 Å². The van der Waals surface area contributed by atoms with Crippen LogP contribution in [0.3, 0.4) is 0 Å². The topological polar surface area (TPSA) is 54.2 Å². The van der Waals surface area contributed by atoms with Crippen molar-refractivity contribution in [3.63, 3.8) is 0 Å². The van der Waals surface area contributed by atoms with Crippen molar-refractivity contribution in [1.82, 2.24) is 20.4 Å². The minimum absolute atomic E-state index is 0.738. The first-order chi connectivity index (χ1) is 9.43. The highest BCUT2D eigenvalue weighted by molar-refractivity contribution is 5.80. The van der Waals surface area contributed by atoms with E-state index in [-0.39, 0.29) is 0 Å². The van der Waals surface area contributed by atoms with Gasteiger partial charge in [-0.1, -0.05) is 18.2 Å². The highest BCUT2D eigenvalue weighted by atomic mass is 15.3. The lowest BCUT2D eigenvalue weighted by molar-refractivity contribution is 0.700. The highest BCUT2D eigenvalue weighted by Crippen LogP contribution is 2.13. The minimum Gasteiger partial charge on any atom is -0.356 e. The summed E-state index contributed by atoms with van der Waals surface area (Å²) in [6.07, 6.45) is 4.85. The molecule has 0 bridgehead atoms. The number of para-hydroxylation sites is 1. The largest absolute Gasteiger partial charge is 0.356 e. The van der Waals surface area contributed by atoms with Gasteiger partial charge in [-0.3, -0.25) is 4.99 Å². The first-order valence-electron chi connectivity index (χ1n) is 6.53. The number of guanidine groups is 1. The number of rotatable bonds is 3. The van der Waals surface area contributed by atoms with E-state index in [1.165, 1.54) is 5.56 Å². The highest BCUT2D eigenvalue weighted by Gasteiger charge is 2.06. The van der Waals surface area contributed by atoms with Crippen LogP contribution in [-0.4, -0.2) is 28.8 Å². The molecule has 1 aliphatic heterocycles. The van der Waals surface area contributed by atoms with Crippen molar-refractivity contribution in [2.24, 2.45) is 4.99 Å². The predicted molar refractivity (Wildman–Crippen MR) is 75.3 cm³/mol. The fourth-order valence-electron chi connectivity index (χ4n) is 2.13. The van der Waals surface area contributed by atoms with E-state index in [0.717, 1.165) is 37.7 Å². The molecule has 5 heteroatoms. The molecule has 2 aromatic rings. The minimum atomic E-state index is 0.738. The van der Waals surface area contributed by atoms with Crippen LogP contribution in [0.1, 0.15) is 12.0 Å². The zero-order valence-electron chi connectivity index (χ0n) is 10.7. The third kappa shape index (κ3) is 2.76. The van der Waals surface area contributed by atoms with Crippen molar-refractivity contribution in [3.8, 4) is 5.69 Å². The number of benzene rings is 1. The van der Waals surface area contributed by atoms with E-state index in [1.807, 2.05) is 29.1 Å². The van der Waals surface area contributed by atoms with Crippen molar-refractivity contribution in [2.75, 3.05) is 13.1 Å². The first-order valence-corrected chi connectivity index (χ1v) is 6.53. The average Bonchev–Trinajstić information content (AvgIpc) is 3.01. The molecular weight excluding hydrogens is 238 g/mol. The Morgan fingerprint density at radius 2 is 2.21 bits per heavy atom. The van der Waals surface area contributed by atoms with Gasteiger partial charge < -0.3 is 10.6 Å². The number of nitrogens with zero attached hydrogens (tertiary/aromatic N) is 3. The summed E-state index contributed by atoms with van der Waals surface area (Å²) in [6.45, 7) is 2.63. The van der Waals surface area contributed by atoms with Crippen LogP contribution in [0, 0.1) is 0 Å². The molecule has 0 spiro atoms. The molecule has 1 aliphatic rings. The molecule has 0 atom stereocenters. The maximum atomic E-state index is 4.41. The lowest BCUT2D eigenvalue weighted by atomic mass is 10.2. The van der Waals surface area contributed by atoms with Crippen molar-refractivity contribution in [2.45, 2.75) is 13.0 Å². The van der Waals surface area contributed by atoms with Crippen LogP contribution >= 0.6 is 0 Å². The zero-order valence-corrected chi connectivity index (χ0v) is 10.7. The molecule has 2 N–H and O–H groups in total. The summed E-state index contributed by atoms with van der Waals surface area (Å²) in [5, 5.41) is 10.9. The summed E-state index contributed by atoms with van der Waals surface area (Å²) in [7, 11) is 0. The number of aliphatic imine (C=N–C) groups is 1. The van der Waals surface area contributed by atoms with E-state index in [1.54, 1.807) is 6.20 Å². The molecule has 2 heterocycles. The van der Waals surface area contributed by atoms with E-state index < -0.39 is 0 Å². The smallest absolute Gasteiger partial charge is 0.191 e. The standard InChI is InChI=1S/C14H17N5/c1-2-6-13(19-10-4-9-18-19)12(5-1)11-17-14-15-7-3-8-16-14/h1-2,4-6,9-10H,3,7-8,11H2,(H2,15,16,17). The van der Waals surface area contributed by atoms with Crippen LogP contribution in [0.5, 0.6) is 0 Å². The van der Waals surface area contributed by atoms with Crippen LogP contribution in [0.25, 0.3) is 5.69 Å². The summed E-state index contributed by atoms with van der Waals surface area (Å²) >= 11 is 0. The van der Waals surface area contributed by atoms with Crippen LogP contribution in [-0.2, 0) is 6.54 Å². The molecule has 98 valence electrons. The number of aromatic nitrogens is 2. The Bertz CT molecular complexity index is 559. The maximum Gasteiger partial charge on any atom is 0.191 e. The molecule has 1 aromatic carbocycles. The Hall–Kier alpha value is -2.30. The summed E-state index contributed by atoms with van der Waals surface area (Å²) in [4.78, 5) is 4.41. The lowest BCUT2D eigenvalue weighted by Gasteiger charge is -2.17. The molecule has 0 aliphatic carbocycles. The van der Waals surface area contributed by atoms with Crippen LogP contribution in [0.2, 0.25) is 0 Å². The van der Waals surface area contributed by atoms with Crippen molar-refractivity contribution >= 4 is 5.96 Å². The third-order valence-electron chi connectivity index (χ3n) is 3.09. The fraction of sp³-hybridized carbons (Fsp3) is 0.286.